The van der Waals surface area contributed by atoms with Crippen molar-refractivity contribution in [3.63, 3.8) is 0 Å². The average molecular weight is 272 g/mol. The number of carbonyl (C=O) groups is 2. The first-order chi connectivity index (χ1) is 8.26. The van der Waals surface area contributed by atoms with Crippen LogP contribution in [0.4, 0.5) is 9.80 Å². The summed E-state index contributed by atoms with van der Waals surface area (Å²) in [5.41, 5.74) is 0.986. The van der Waals surface area contributed by atoms with Crippen LogP contribution in [-0.2, 0) is 9.47 Å². The standard InChI is InChI=1S/C11H16N2O4S/c1-11(2,3)17-10(15)13(4)8-7(9(14)16-5)12-6-18-8/h6H,1-5H3. The Hall–Kier alpha value is -1.63. The maximum Gasteiger partial charge on any atom is 0.415 e. The summed E-state index contributed by atoms with van der Waals surface area (Å²) >= 11 is 1.17. The van der Waals surface area contributed by atoms with Gasteiger partial charge in [-0.15, -0.1) is 11.3 Å². The first-order valence-corrected chi connectivity index (χ1v) is 6.12. The Labute approximate surface area is 110 Å². The van der Waals surface area contributed by atoms with Crippen LogP contribution in [0.1, 0.15) is 31.3 Å². The van der Waals surface area contributed by atoms with Crippen molar-refractivity contribution in [3.8, 4) is 0 Å². The molecule has 1 aromatic heterocycles. The molecule has 0 radical (unpaired) electrons. The van der Waals surface area contributed by atoms with Gasteiger partial charge in [0.05, 0.1) is 12.6 Å². The molecule has 100 valence electrons. The maximum atomic E-state index is 11.9. The van der Waals surface area contributed by atoms with Crippen LogP contribution in [0.25, 0.3) is 0 Å². The molecule has 0 N–H and O–H groups in total. The Bertz CT molecular complexity index is 450. The van der Waals surface area contributed by atoms with Gasteiger partial charge in [-0.1, -0.05) is 0 Å². The lowest BCUT2D eigenvalue weighted by molar-refractivity contribution is 0.0587. The Kier molecular flexibility index (Phi) is 4.28. The van der Waals surface area contributed by atoms with Gasteiger partial charge in [-0.25, -0.2) is 14.6 Å². The molecule has 0 atom stereocenters. The van der Waals surface area contributed by atoms with Crippen molar-refractivity contribution in [2.45, 2.75) is 26.4 Å². The van der Waals surface area contributed by atoms with Crippen LogP contribution in [0, 0.1) is 0 Å². The highest BCUT2D eigenvalue weighted by molar-refractivity contribution is 7.14. The van der Waals surface area contributed by atoms with Gasteiger partial charge in [-0.3, -0.25) is 4.90 Å². The topological polar surface area (TPSA) is 68.7 Å². The molecule has 0 fully saturated rings. The van der Waals surface area contributed by atoms with Crippen molar-refractivity contribution < 1.29 is 19.1 Å². The third-order valence-electron chi connectivity index (χ3n) is 1.90. The van der Waals surface area contributed by atoms with E-state index in [4.69, 9.17) is 4.74 Å². The van der Waals surface area contributed by atoms with Gasteiger partial charge < -0.3 is 9.47 Å². The van der Waals surface area contributed by atoms with E-state index in [2.05, 4.69) is 9.72 Å². The van der Waals surface area contributed by atoms with E-state index in [0.717, 1.165) is 0 Å². The number of amides is 1. The number of anilines is 1. The fourth-order valence-electron chi connectivity index (χ4n) is 1.13. The minimum Gasteiger partial charge on any atom is -0.464 e. The van der Waals surface area contributed by atoms with E-state index in [9.17, 15) is 9.59 Å². The van der Waals surface area contributed by atoms with Crippen molar-refractivity contribution in [1.82, 2.24) is 4.98 Å². The van der Waals surface area contributed by atoms with Crippen molar-refractivity contribution in [2.24, 2.45) is 0 Å². The largest absolute Gasteiger partial charge is 0.464 e. The van der Waals surface area contributed by atoms with Crippen LogP contribution in [0.5, 0.6) is 0 Å². The average Bonchev–Trinajstić information content (AvgIpc) is 2.73. The molecule has 1 aromatic rings. The molecule has 0 aromatic carbocycles. The van der Waals surface area contributed by atoms with E-state index in [-0.39, 0.29) is 5.69 Å². The summed E-state index contributed by atoms with van der Waals surface area (Å²) in [6.07, 6.45) is -0.545. The number of rotatable bonds is 2. The molecule has 6 nitrogen and oxygen atoms in total. The normalized spacial score (nSPS) is 10.9. The maximum absolute atomic E-state index is 11.9. The van der Waals surface area contributed by atoms with Gasteiger partial charge in [0.15, 0.2) is 5.69 Å². The fourth-order valence-corrected chi connectivity index (χ4v) is 1.87. The van der Waals surface area contributed by atoms with Crippen LogP contribution in [0.2, 0.25) is 0 Å². The van der Waals surface area contributed by atoms with Crippen LogP contribution < -0.4 is 4.90 Å². The molecule has 0 unspecified atom stereocenters. The molecular weight excluding hydrogens is 256 g/mol. The Morgan fingerprint density at radius 3 is 2.50 bits per heavy atom. The number of ether oxygens (including phenoxy) is 2. The molecule has 0 aliphatic rings. The summed E-state index contributed by atoms with van der Waals surface area (Å²) in [6, 6.07) is 0. The molecule has 1 heterocycles. The van der Waals surface area contributed by atoms with Gasteiger partial charge in [0.1, 0.15) is 10.6 Å². The number of esters is 1. The third-order valence-corrected chi connectivity index (χ3v) is 2.80. The smallest absolute Gasteiger partial charge is 0.415 e. The summed E-state index contributed by atoms with van der Waals surface area (Å²) in [5, 5.41) is 0.399. The number of hydrogen-bond donors (Lipinski definition) is 0. The van der Waals surface area contributed by atoms with Gasteiger partial charge in [0, 0.05) is 7.05 Å². The Morgan fingerprint density at radius 2 is 2.00 bits per heavy atom. The van der Waals surface area contributed by atoms with Crippen molar-refractivity contribution in [3.05, 3.63) is 11.2 Å². The second-order valence-electron chi connectivity index (χ2n) is 4.54. The van der Waals surface area contributed by atoms with Gasteiger partial charge >= 0.3 is 12.1 Å². The van der Waals surface area contributed by atoms with E-state index in [1.165, 1.54) is 35.9 Å². The summed E-state index contributed by atoms with van der Waals surface area (Å²) in [6.45, 7) is 5.31. The molecule has 1 rings (SSSR count). The first kappa shape index (κ1) is 14.4. The summed E-state index contributed by atoms with van der Waals surface area (Å²) in [5.74, 6) is -0.582. The number of thiazole rings is 1. The van der Waals surface area contributed by atoms with Crippen molar-refractivity contribution in [2.75, 3.05) is 19.1 Å². The van der Waals surface area contributed by atoms with E-state index < -0.39 is 17.7 Å². The van der Waals surface area contributed by atoms with Crippen LogP contribution in [-0.4, -0.2) is 36.8 Å². The van der Waals surface area contributed by atoms with Gasteiger partial charge in [0.25, 0.3) is 0 Å². The highest BCUT2D eigenvalue weighted by Gasteiger charge is 2.26. The molecule has 18 heavy (non-hydrogen) atoms. The summed E-state index contributed by atoms with van der Waals surface area (Å²) in [4.78, 5) is 28.4. The molecule has 0 saturated heterocycles. The van der Waals surface area contributed by atoms with Gasteiger partial charge in [-0.2, -0.15) is 0 Å². The lowest BCUT2D eigenvalue weighted by Gasteiger charge is -2.23. The van der Waals surface area contributed by atoms with Crippen LogP contribution in [0.15, 0.2) is 5.51 Å². The molecule has 7 heteroatoms. The second kappa shape index (κ2) is 5.34. The van der Waals surface area contributed by atoms with Crippen LogP contribution in [0.3, 0.4) is 0 Å². The number of methoxy groups -OCH3 is 1. The highest BCUT2D eigenvalue weighted by Crippen LogP contribution is 2.26. The minimum absolute atomic E-state index is 0.107. The lowest BCUT2D eigenvalue weighted by atomic mass is 10.2. The van der Waals surface area contributed by atoms with Gasteiger partial charge in [0.2, 0.25) is 0 Å². The molecule has 0 spiro atoms. The highest BCUT2D eigenvalue weighted by atomic mass is 32.1. The van der Waals surface area contributed by atoms with Crippen LogP contribution >= 0.6 is 11.3 Å². The number of aromatic nitrogens is 1. The first-order valence-electron chi connectivity index (χ1n) is 5.24. The predicted molar refractivity (Wildman–Crippen MR) is 68.1 cm³/mol. The molecular formula is C11H16N2O4S. The fraction of sp³-hybridized carbons (Fsp3) is 0.545. The number of nitrogens with zero attached hydrogens (tertiary/aromatic N) is 2. The van der Waals surface area contributed by atoms with E-state index in [1.807, 2.05) is 0 Å². The Morgan fingerprint density at radius 1 is 1.39 bits per heavy atom. The van der Waals surface area contributed by atoms with Crippen molar-refractivity contribution >= 4 is 28.4 Å². The minimum atomic E-state index is -0.596. The zero-order valence-electron chi connectivity index (χ0n) is 11.0. The summed E-state index contributed by atoms with van der Waals surface area (Å²) < 4.78 is 9.80. The molecule has 1 amide bonds. The molecule has 0 aliphatic carbocycles. The number of hydrogen-bond acceptors (Lipinski definition) is 6. The van der Waals surface area contributed by atoms with E-state index >= 15 is 0 Å². The van der Waals surface area contributed by atoms with Gasteiger partial charge in [-0.05, 0) is 20.8 Å². The SMILES string of the molecule is COC(=O)c1ncsc1N(C)C(=O)OC(C)(C)C. The molecule has 0 bridgehead atoms. The molecule has 0 aliphatic heterocycles. The number of carbonyl (C=O) groups excluding carboxylic acids is 2. The lowest BCUT2D eigenvalue weighted by Crippen LogP contribution is -2.34. The van der Waals surface area contributed by atoms with Crippen molar-refractivity contribution in [1.29, 1.82) is 0 Å². The quantitative estimate of drug-likeness (QED) is 0.773. The van der Waals surface area contributed by atoms with E-state index in [1.54, 1.807) is 20.8 Å². The monoisotopic (exact) mass is 272 g/mol. The predicted octanol–water partition coefficient (Wildman–Crippen LogP) is 2.30. The summed E-state index contributed by atoms with van der Waals surface area (Å²) in [7, 11) is 2.78. The second-order valence-corrected chi connectivity index (χ2v) is 5.37. The zero-order chi connectivity index (χ0) is 13.9. The Balaban J connectivity index is 2.91. The van der Waals surface area contributed by atoms with E-state index in [0.29, 0.717) is 5.00 Å². The zero-order valence-corrected chi connectivity index (χ0v) is 11.8. The third kappa shape index (κ3) is 3.43. The molecule has 0 saturated carbocycles.